The quantitative estimate of drug-likeness (QED) is 0.708. The zero-order valence-corrected chi connectivity index (χ0v) is 13.6. The molecule has 2 aromatic carbocycles. The Morgan fingerprint density at radius 1 is 1.00 bits per heavy atom. The summed E-state index contributed by atoms with van der Waals surface area (Å²) >= 11 is 0. The number of hydrogen-bond donors (Lipinski definition) is 2. The highest BCUT2D eigenvalue weighted by Crippen LogP contribution is 2.15. The number of benzene rings is 2. The van der Waals surface area contributed by atoms with Crippen LogP contribution in [0, 0.1) is 6.92 Å². The fourth-order valence-electron chi connectivity index (χ4n) is 2.49. The van der Waals surface area contributed by atoms with E-state index in [0.29, 0.717) is 13.0 Å². The Balaban J connectivity index is 1.52. The van der Waals surface area contributed by atoms with Gasteiger partial charge in [-0.3, -0.25) is 4.79 Å². The molecule has 0 bridgehead atoms. The molecule has 3 aromatic rings. The first-order chi connectivity index (χ1) is 11.7. The number of carbonyl (C=O) groups is 1. The summed E-state index contributed by atoms with van der Waals surface area (Å²) in [4.78, 5) is 12.1. The summed E-state index contributed by atoms with van der Waals surface area (Å²) in [5, 5.41) is 6.19. The minimum Gasteiger partial charge on any atom is -0.467 e. The molecule has 0 spiro atoms. The van der Waals surface area contributed by atoms with E-state index in [2.05, 4.69) is 10.6 Å². The molecule has 0 aliphatic rings. The van der Waals surface area contributed by atoms with Gasteiger partial charge in [-0.1, -0.05) is 29.8 Å². The van der Waals surface area contributed by atoms with E-state index in [1.807, 2.05) is 67.6 Å². The highest BCUT2D eigenvalue weighted by atomic mass is 16.3. The van der Waals surface area contributed by atoms with Crippen LogP contribution in [0.4, 0.5) is 11.4 Å². The Kier molecular flexibility index (Phi) is 4.96. The average molecular weight is 320 g/mol. The van der Waals surface area contributed by atoms with Gasteiger partial charge in [-0.05, 0) is 48.9 Å². The van der Waals surface area contributed by atoms with E-state index in [-0.39, 0.29) is 5.91 Å². The van der Waals surface area contributed by atoms with Crippen molar-refractivity contribution in [3.63, 3.8) is 0 Å². The third kappa shape index (κ3) is 4.49. The van der Waals surface area contributed by atoms with E-state index in [1.54, 1.807) is 6.26 Å². The lowest BCUT2D eigenvalue weighted by Gasteiger charge is -2.08. The van der Waals surface area contributed by atoms with Crippen LogP contribution in [0.3, 0.4) is 0 Å². The molecule has 3 rings (SSSR count). The monoisotopic (exact) mass is 320 g/mol. The van der Waals surface area contributed by atoms with Gasteiger partial charge in [0.05, 0.1) is 19.2 Å². The van der Waals surface area contributed by atoms with E-state index in [9.17, 15) is 4.79 Å². The summed E-state index contributed by atoms with van der Waals surface area (Å²) in [7, 11) is 0. The van der Waals surface area contributed by atoms with Crippen LogP contribution in [0.1, 0.15) is 16.9 Å². The molecule has 0 fully saturated rings. The van der Waals surface area contributed by atoms with Gasteiger partial charge in [0.15, 0.2) is 0 Å². The number of amides is 1. The molecule has 24 heavy (non-hydrogen) atoms. The van der Waals surface area contributed by atoms with Crippen molar-refractivity contribution in [3.05, 3.63) is 83.8 Å². The molecule has 0 radical (unpaired) electrons. The molecule has 2 N–H and O–H groups in total. The first-order valence-electron chi connectivity index (χ1n) is 7.91. The van der Waals surface area contributed by atoms with Gasteiger partial charge < -0.3 is 15.1 Å². The van der Waals surface area contributed by atoms with Gasteiger partial charge in [0.2, 0.25) is 5.91 Å². The maximum atomic E-state index is 12.1. The van der Waals surface area contributed by atoms with Crippen LogP contribution in [0.15, 0.2) is 71.3 Å². The summed E-state index contributed by atoms with van der Waals surface area (Å²) in [5.41, 5.74) is 3.94. The predicted molar refractivity (Wildman–Crippen MR) is 96.0 cm³/mol. The van der Waals surface area contributed by atoms with Crippen molar-refractivity contribution < 1.29 is 9.21 Å². The van der Waals surface area contributed by atoms with Crippen LogP contribution >= 0.6 is 0 Å². The lowest BCUT2D eigenvalue weighted by atomic mass is 10.1. The lowest BCUT2D eigenvalue weighted by Crippen LogP contribution is -2.14. The topological polar surface area (TPSA) is 54.3 Å². The highest BCUT2D eigenvalue weighted by Gasteiger charge is 2.04. The molecule has 1 aromatic heterocycles. The SMILES string of the molecule is Cc1cccc(CC(=O)Nc2ccc(NCc3ccco3)cc2)c1. The largest absolute Gasteiger partial charge is 0.467 e. The summed E-state index contributed by atoms with van der Waals surface area (Å²) in [6.45, 7) is 2.65. The Labute approximate surface area is 141 Å². The van der Waals surface area contributed by atoms with E-state index in [1.165, 1.54) is 0 Å². The van der Waals surface area contributed by atoms with Gasteiger partial charge in [-0.15, -0.1) is 0 Å². The number of carbonyl (C=O) groups excluding carboxylic acids is 1. The van der Waals surface area contributed by atoms with Crippen molar-refractivity contribution in [2.75, 3.05) is 10.6 Å². The highest BCUT2D eigenvalue weighted by molar-refractivity contribution is 5.92. The first kappa shape index (κ1) is 15.9. The molecule has 0 atom stereocenters. The lowest BCUT2D eigenvalue weighted by molar-refractivity contribution is -0.115. The van der Waals surface area contributed by atoms with Crippen molar-refractivity contribution in [3.8, 4) is 0 Å². The fourth-order valence-corrected chi connectivity index (χ4v) is 2.49. The Bertz CT molecular complexity index is 793. The van der Waals surface area contributed by atoms with E-state index in [4.69, 9.17) is 4.42 Å². The molecule has 0 aliphatic carbocycles. The summed E-state index contributed by atoms with van der Waals surface area (Å²) in [5.74, 6) is 0.863. The van der Waals surface area contributed by atoms with Crippen LogP contribution < -0.4 is 10.6 Å². The Hall–Kier alpha value is -3.01. The van der Waals surface area contributed by atoms with E-state index in [0.717, 1.165) is 28.3 Å². The maximum absolute atomic E-state index is 12.1. The summed E-state index contributed by atoms with van der Waals surface area (Å²) < 4.78 is 5.28. The zero-order chi connectivity index (χ0) is 16.8. The number of aryl methyl sites for hydroxylation is 1. The van der Waals surface area contributed by atoms with Crippen molar-refractivity contribution in [2.24, 2.45) is 0 Å². The van der Waals surface area contributed by atoms with E-state index < -0.39 is 0 Å². The van der Waals surface area contributed by atoms with Crippen molar-refractivity contribution in [1.82, 2.24) is 0 Å². The fraction of sp³-hybridized carbons (Fsp3) is 0.150. The second-order valence-corrected chi connectivity index (χ2v) is 5.72. The molecule has 1 amide bonds. The van der Waals surface area contributed by atoms with Crippen molar-refractivity contribution in [1.29, 1.82) is 0 Å². The molecule has 0 unspecified atom stereocenters. The van der Waals surface area contributed by atoms with Gasteiger partial charge in [0, 0.05) is 11.4 Å². The summed E-state index contributed by atoms with van der Waals surface area (Å²) in [6, 6.07) is 19.4. The number of rotatable bonds is 6. The van der Waals surface area contributed by atoms with Crippen LogP contribution in [0.25, 0.3) is 0 Å². The molecular formula is C20H20N2O2. The van der Waals surface area contributed by atoms with Crippen LogP contribution in [-0.2, 0) is 17.8 Å². The first-order valence-corrected chi connectivity index (χ1v) is 7.91. The Morgan fingerprint density at radius 2 is 1.79 bits per heavy atom. The van der Waals surface area contributed by atoms with E-state index >= 15 is 0 Å². The zero-order valence-electron chi connectivity index (χ0n) is 13.6. The number of anilines is 2. The van der Waals surface area contributed by atoms with Crippen molar-refractivity contribution in [2.45, 2.75) is 19.9 Å². The average Bonchev–Trinajstić information content (AvgIpc) is 3.07. The second kappa shape index (κ2) is 7.51. The van der Waals surface area contributed by atoms with Gasteiger partial charge in [-0.2, -0.15) is 0 Å². The van der Waals surface area contributed by atoms with Crippen LogP contribution in [0.5, 0.6) is 0 Å². The number of hydrogen-bond acceptors (Lipinski definition) is 3. The molecule has 4 nitrogen and oxygen atoms in total. The standard InChI is InChI=1S/C20H20N2O2/c1-15-4-2-5-16(12-15)13-20(23)22-18-9-7-17(8-10-18)21-14-19-6-3-11-24-19/h2-12,21H,13-14H2,1H3,(H,22,23). The van der Waals surface area contributed by atoms with Gasteiger partial charge in [0.25, 0.3) is 0 Å². The molecule has 0 saturated heterocycles. The molecule has 122 valence electrons. The van der Waals surface area contributed by atoms with Gasteiger partial charge in [0.1, 0.15) is 5.76 Å². The van der Waals surface area contributed by atoms with Crippen LogP contribution in [-0.4, -0.2) is 5.91 Å². The normalized spacial score (nSPS) is 10.4. The molecule has 4 heteroatoms. The molecular weight excluding hydrogens is 300 g/mol. The summed E-state index contributed by atoms with van der Waals surface area (Å²) in [6.07, 6.45) is 2.03. The van der Waals surface area contributed by atoms with Gasteiger partial charge in [-0.25, -0.2) is 0 Å². The minimum absolute atomic E-state index is 0.0168. The number of nitrogens with one attached hydrogen (secondary N) is 2. The second-order valence-electron chi connectivity index (χ2n) is 5.72. The molecule has 0 aliphatic heterocycles. The predicted octanol–water partition coefficient (Wildman–Crippen LogP) is 4.38. The third-order valence-electron chi connectivity index (χ3n) is 3.66. The maximum Gasteiger partial charge on any atom is 0.228 e. The van der Waals surface area contributed by atoms with Crippen LogP contribution in [0.2, 0.25) is 0 Å². The Morgan fingerprint density at radius 3 is 2.50 bits per heavy atom. The smallest absolute Gasteiger partial charge is 0.228 e. The third-order valence-corrected chi connectivity index (χ3v) is 3.66. The molecule has 1 heterocycles. The number of furan rings is 1. The molecule has 0 saturated carbocycles. The minimum atomic E-state index is -0.0168. The van der Waals surface area contributed by atoms with Gasteiger partial charge >= 0.3 is 0 Å². The van der Waals surface area contributed by atoms with Crippen molar-refractivity contribution >= 4 is 17.3 Å².